The van der Waals surface area contributed by atoms with Gasteiger partial charge in [-0.05, 0) is 25.8 Å². The van der Waals surface area contributed by atoms with Crippen molar-refractivity contribution < 1.29 is 4.79 Å². The van der Waals surface area contributed by atoms with Gasteiger partial charge in [0.15, 0.2) is 10.8 Å². The maximum atomic E-state index is 12.3. The van der Waals surface area contributed by atoms with Crippen LogP contribution >= 0.6 is 23.1 Å². The molecular weight excluding hydrogens is 366 g/mol. The van der Waals surface area contributed by atoms with Gasteiger partial charge < -0.3 is 11.1 Å². The van der Waals surface area contributed by atoms with Crippen LogP contribution in [0.25, 0.3) is 4.91 Å². The minimum Gasteiger partial charge on any atom is -0.375 e. The Morgan fingerprint density at radius 1 is 1.42 bits per heavy atom. The number of carbonyl (C=O) groups excluding carboxylic acids is 1. The fourth-order valence-corrected chi connectivity index (χ4v) is 4.48. The highest BCUT2D eigenvalue weighted by Gasteiger charge is 2.14. The molecule has 4 N–H and O–H groups in total. The molecule has 3 rings (SSSR count). The number of nitrogens with one attached hydrogen (secondary N) is 2. The molecule has 3 heterocycles. The Hall–Kier alpha value is -2.06. The summed E-state index contributed by atoms with van der Waals surface area (Å²) in [6, 6.07) is 1.81. The summed E-state index contributed by atoms with van der Waals surface area (Å²) in [5.74, 6) is 0.783. The van der Waals surface area contributed by atoms with Crippen LogP contribution in [0.3, 0.4) is 0 Å². The second-order valence-corrected chi connectivity index (χ2v) is 8.22. The minimum atomic E-state index is -0.178. The van der Waals surface area contributed by atoms with Crippen molar-refractivity contribution in [1.29, 1.82) is 0 Å². The van der Waals surface area contributed by atoms with Crippen LogP contribution in [-0.4, -0.2) is 33.4 Å². The number of rotatable bonds is 6. The molecule has 8 heteroatoms. The molecule has 138 valence electrons. The number of aromatic nitrogens is 3. The Balaban J connectivity index is 1.56. The number of carbonyl (C=O) groups is 1. The molecule has 0 bridgehead atoms. The molecule has 1 aliphatic heterocycles. The minimum absolute atomic E-state index is 0.178. The van der Waals surface area contributed by atoms with E-state index >= 15 is 0 Å². The molecule has 1 amide bonds. The average Bonchev–Trinajstić information content (AvgIpc) is 3.18. The molecule has 1 aliphatic rings. The number of hydrogen-bond donors (Lipinski definition) is 3. The van der Waals surface area contributed by atoms with E-state index in [9.17, 15) is 4.79 Å². The lowest BCUT2D eigenvalue weighted by molar-refractivity contribution is 0.0949. The van der Waals surface area contributed by atoms with E-state index in [4.69, 9.17) is 5.73 Å². The van der Waals surface area contributed by atoms with E-state index in [0.29, 0.717) is 23.8 Å². The highest BCUT2D eigenvalue weighted by atomic mass is 32.2. The fourth-order valence-electron chi connectivity index (χ4n) is 2.69. The maximum absolute atomic E-state index is 12.3. The first-order valence-electron chi connectivity index (χ1n) is 8.63. The zero-order valence-electron chi connectivity index (χ0n) is 15.0. The lowest BCUT2D eigenvalue weighted by atomic mass is 10.2. The standard InChI is InChI=1S/C18H23N5OS2/c1-3-15-12(21-18(19)26-15)7-8-20-17(24)14-9-13(22-23-14)16-6-4-5-11(2)10-25-16/h5-6,9H,3-4,7-8,10H2,1-2H3,(H2,19,21)(H,20,24)(H,22,23). The molecule has 0 saturated heterocycles. The van der Waals surface area contributed by atoms with Crippen LogP contribution in [0.15, 0.2) is 23.8 Å². The third-order valence-electron chi connectivity index (χ3n) is 4.06. The molecule has 0 aliphatic carbocycles. The van der Waals surface area contributed by atoms with E-state index in [1.165, 1.54) is 21.8 Å². The Kier molecular flexibility index (Phi) is 6.16. The number of allylic oxidation sites excluding steroid dienone is 2. The van der Waals surface area contributed by atoms with Gasteiger partial charge in [0.05, 0.1) is 11.4 Å². The molecule has 0 spiro atoms. The van der Waals surface area contributed by atoms with E-state index in [0.717, 1.165) is 34.9 Å². The molecular formula is C18H23N5OS2. The quantitative estimate of drug-likeness (QED) is 0.658. The van der Waals surface area contributed by atoms with Crippen molar-refractivity contribution in [2.24, 2.45) is 0 Å². The normalized spacial score (nSPS) is 14.5. The van der Waals surface area contributed by atoms with Gasteiger partial charge in [-0.2, -0.15) is 5.10 Å². The first-order valence-corrected chi connectivity index (χ1v) is 10.4. The molecule has 2 aromatic heterocycles. The van der Waals surface area contributed by atoms with Crippen molar-refractivity contribution in [3.05, 3.63) is 45.8 Å². The van der Waals surface area contributed by atoms with Crippen LogP contribution in [0, 0.1) is 0 Å². The molecule has 0 atom stereocenters. The number of aryl methyl sites for hydroxylation is 1. The van der Waals surface area contributed by atoms with E-state index in [2.05, 4.69) is 46.5 Å². The van der Waals surface area contributed by atoms with Crippen molar-refractivity contribution >= 4 is 39.0 Å². The number of nitrogens with zero attached hydrogens (tertiary/aromatic N) is 2. The lowest BCUT2D eigenvalue weighted by Gasteiger charge is -2.03. The molecule has 0 saturated carbocycles. The van der Waals surface area contributed by atoms with Gasteiger partial charge >= 0.3 is 0 Å². The van der Waals surface area contributed by atoms with Crippen molar-refractivity contribution in [2.45, 2.75) is 33.1 Å². The Bertz CT molecular complexity index is 850. The van der Waals surface area contributed by atoms with Gasteiger partial charge in [-0.1, -0.05) is 24.6 Å². The fraction of sp³-hybridized carbons (Fsp3) is 0.389. The number of anilines is 1. The van der Waals surface area contributed by atoms with Gasteiger partial charge in [0.25, 0.3) is 5.91 Å². The van der Waals surface area contributed by atoms with Gasteiger partial charge in [0, 0.05) is 28.5 Å². The van der Waals surface area contributed by atoms with E-state index in [1.807, 2.05) is 6.07 Å². The summed E-state index contributed by atoms with van der Waals surface area (Å²) < 4.78 is 0. The summed E-state index contributed by atoms with van der Waals surface area (Å²) in [4.78, 5) is 19.0. The number of nitrogens with two attached hydrogens (primary N) is 1. The molecule has 0 fully saturated rings. The number of nitrogen functional groups attached to an aromatic ring is 1. The SMILES string of the molecule is CCc1sc(N)nc1CCNC(=O)c1cc(C2=CCC=C(C)CS2)[nH]n1. The summed E-state index contributed by atoms with van der Waals surface area (Å²) in [5.41, 5.74) is 9.41. The van der Waals surface area contributed by atoms with Gasteiger partial charge in [-0.15, -0.1) is 23.1 Å². The molecule has 6 nitrogen and oxygen atoms in total. The zero-order chi connectivity index (χ0) is 18.5. The smallest absolute Gasteiger partial charge is 0.271 e. The van der Waals surface area contributed by atoms with Crippen molar-refractivity contribution in [1.82, 2.24) is 20.5 Å². The zero-order valence-corrected chi connectivity index (χ0v) is 16.6. The van der Waals surface area contributed by atoms with Crippen LogP contribution in [0.5, 0.6) is 0 Å². The highest BCUT2D eigenvalue weighted by Crippen LogP contribution is 2.31. The van der Waals surface area contributed by atoms with Crippen LogP contribution in [-0.2, 0) is 12.8 Å². The van der Waals surface area contributed by atoms with E-state index in [1.54, 1.807) is 11.8 Å². The predicted octanol–water partition coefficient (Wildman–Crippen LogP) is 3.41. The Labute approximate surface area is 161 Å². The number of aromatic amines is 1. The second kappa shape index (κ2) is 8.55. The van der Waals surface area contributed by atoms with Gasteiger partial charge in [-0.3, -0.25) is 9.89 Å². The lowest BCUT2D eigenvalue weighted by Crippen LogP contribution is -2.26. The summed E-state index contributed by atoms with van der Waals surface area (Å²) >= 11 is 3.28. The topological polar surface area (TPSA) is 96.7 Å². The van der Waals surface area contributed by atoms with E-state index < -0.39 is 0 Å². The van der Waals surface area contributed by atoms with E-state index in [-0.39, 0.29) is 5.91 Å². The molecule has 26 heavy (non-hydrogen) atoms. The average molecular weight is 390 g/mol. The second-order valence-electron chi connectivity index (χ2n) is 6.09. The van der Waals surface area contributed by atoms with Crippen molar-refractivity contribution in [3.63, 3.8) is 0 Å². The van der Waals surface area contributed by atoms with Gasteiger partial charge in [0.1, 0.15) is 0 Å². The van der Waals surface area contributed by atoms with Gasteiger partial charge in [-0.25, -0.2) is 4.98 Å². The summed E-state index contributed by atoms with van der Waals surface area (Å²) in [5, 5.41) is 10.6. The van der Waals surface area contributed by atoms with Crippen LogP contribution < -0.4 is 11.1 Å². The van der Waals surface area contributed by atoms with Crippen molar-refractivity contribution in [2.75, 3.05) is 18.0 Å². The monoisotopic (exact) mass is 389 g/mol. The number of hydrogen-bond acceptors (Lipinski definition) is 6. The highest BCUT2D eigenvalue weighted by molar-refractivity contribution is 8.08. The van der Waals surface area contributed by atoms with Crippen LogP contribution in [0.2, 0.25) is 0 Å². The molecule has 0 aromatic carbocycles. The Morgan fingerprint density at radius 2 is 2.27 bits per heavy atom. The number of amides is 1. The summed E-state index contributed by atoms with van der Waals surface area (Å²) in [7, 11) is 0. The third-order valence-corrected chi connectivity index (χ3v) is 6.43. The van der Waals surface area contributed by atoms with Crippen LogP contribution in [0.4, 0.5) is 5.13 Å². The Morgan fingerprint density at radius 3 is 3.08 bits per heavy atom. The number of H-pyrrole nitrogens is 1. The van der Waals surface area contributed by atoms with Gasteiger partial charge in [0.2, 0.25) is 0 Å². The summed E-state index contributed by atoms with van der Waals surface area (Å²) in [6.07, 6.45) is 6.87. The molecule has 0 radical (unpaired) electrons. The number of thiazole rings is 1. The van der Waals surface area contributed by atoms with Crippen molar-refractivity contribution in [3.8, 4) is 0 Å². The van der Waals surface area contributed by atoms with Crippen LogP contribution in [0.1, 0.15) is 47.0 Å². The molecule has 0 unspecified atom stereocenters. The third kappa shape index (κ3) is 4.56. The summed E-state index contributed by atoms with van der Waals surface area (Å²) in [6.45, 7) is 4.73. The first-order chi connectivity index (χ1) is 12.6. The maximum Gasteiger partial charge on any atom is 0.271 e. The molecule has 2 aromatic rings. The predicted molar refractivity (Wildman–Crippen MR) is 109 cm³/mol. The first kappa shape index (κ1) is 18.7. The number of thioether (sulfide) groups is 1. The largest absolute Gasteiger partial charge is 0.375 e.